The van der Waals surface area contributed by atoms with Crippen LogP contribution in [0.15, 0.2) is 0 Å². The summed E-state index contributed by atoms with van der Waals surface area (Å²) in [6, 6.07) is 0.836. The third-order valence-corrected chi connectivity index (χ3v) is 3.72. The Morgan fingerprint density at radius 2 is 1.86 bits per heavy atom. The van der Waals surface area contributed by atoms with Gasteiger partial charge in [0, 0.05) is 18.1 Å². The van der Waals surface area contributed by atoms with Gasteiger partial charge in [-0.15, -0.1) is 0 Å². The van der Waals surface area contributed by atoms with E-state index in [-0.39, 0.29) is 5.54 Å². The fraction of sp³-hybridized carbons (Fsp3) is 1.00. The number of morpholine rings is 1. The Kier molecular flexibility index (Phi) is 3.13. The number of hydrogen-bond acceptors (Lipinski definition) is 2. The first kappa shape index (κ1) is 10.4. The van der Waals surface area contributed by atoms with Crippen molar-refractivity contribution in [3.05, 3.63) is 0 Å². The molecule has 2 aliphatic rings. The molecule has 1 aliphatic heterocycles. The monoisotopic (exact) mass is 197 g/mol. The molecule has 1 saturated heterocycles. The molecule has 0 amide bonds. The van der Waals surface area contributed by atoms with Gasteiger partial charge >= 0.3 is 0 Å². The molecule has 1 heterocycles. The molecular weight excluding hydrogens is 174 g/mol. The molecule has 0 radical (unpaired) electrons. The van der Waals surface area contributed by atoms with Crippen molar-refractivity contribution >= 4 is 0 Å². The van der Waals surface area contributed by atoms with Crippen LogP contribution in [0.2, 0.25) is 0 Å². The maximum Gasteiger partial charge on any atom is 0.0645 e. The molecule has 2 nitrogen and oxygen atoms in total. The Hall–Kier alpha value is -0.0800. The van der Waals surface area contributed by atoms with Gasteiger partial charge in [0.1, 0.15) is 0 Å². The summed E-state index contributed by atoms with van der Waals surface area (Å²) >= 11 is 0. The van der Waals surface area contributed by atoms with Crippen LogP contribution < -0.4 is 0 Å². The second-order valence-corrected chi connectivity index (χ2v) is 5.35. The molecule has 0 spiro atoms. The summed E-state index contributed by atoms with van der Waals surface area (Å²) in [5.41, 5.74) is 0.264. The van der Waals surface area contributed by atoms with Crippen LogP contribution >= 0.6 is 0 Å². The van der Waals surface area contributed by atoms with Gasteiger partial charge in [0.2, 0.25) is 0 Å². The molecule has 2 rings (SSSR count). The molecule has 0 unspecified atom stereocenters. The molecule has 82 valence electrons. The molecule has 2 fully saturated rings. The zero-order valence-corrected chi connectivity index (χ0v) is 9.59. The topological polar surface area (TPSA) is 12.5 Å². The first-order chi connectivity index (χ1) is 6.70. The minimum absolute atomic E-state index is 0.264. The maximum absolute atomic E-state index is 5.56. The Morgan fingerprint density at radius 1 is 1.14 bits per heavy atom. The lowest BCUT2D eigenvalue weighted by Crippen LogP contribution is -2.57. The van der Waals surface area contributed by atoms with Crippen LogP contribution in [0.3, 0.4) is 0 Å². The van der Waals surface area contributed by atoms with E-state index in [1.807, 2.05) is 0 Å². The van der Waals surface area contributed by atoms with E-state index in [1.54, 1.807) is 0 Å². The quantitative estimate of drug-likeness (QED) is 0.640. The minimum atomic E-state index is 0.264. The van der Waals surface area contributed by atoms with Crippen molar-refractivity contribution in [2.45, 2.75) is 57.5 Å². The van der Waals surface area contributed by atoms with Crippen LogP contribution in [0.1, 0.15) is 46.0 Å². The zero-order chi connectivity index (χ0) is 10.0. The van der Waals surface area contributed by atoms with Crippen LogP contribution in [-0.2, 0) is 4.74 Å². The van der Waals surface area contributed by atoms with E-state index in [1.165, 1.54) is 32.1 Å². The van der Waals surface area contributed by atoms with Gasteiger partial charge in [-0.25, -0.2) is 0 Å². The van der Waals surface area contributed by atoms with Gasteiger partial charge in [-0.05, 0) is 26.7 Å². The first-order valence-electron chi connectivity index (χ1n) is 6.05. The van der Waals surface area contributed by atoms with E-state index in [0.29, 0.717) is 0 Å². The minimum Gasteiger partial charge on any atom is -0.378 e. The summed E-state index contributed by atoms with van der Waals surface area (Å²) in [6.07, 6.45) is 7.12. The maximum atomic E-state index is 5.56. The first-order valence-corrected chi connectivity index (χ1v) is 6.05. The van der Waals surface area contributed by atoms with E-state index >= 15 is 0 Å². The lowest BCUT2D eigenvalue weighted by molar-refractivity contribution is -0.0779. The lowest BCUT2D eigenvalue weighted by Gasteiger charge is -2.47. The molecule has 0 aromatic heterocycles. The Balaban J connectivity index is 1.99. The Bertz CT molecular complexity index is 185. The normalized spacial score (nSPS) is 30.4. The third kappa shape index (κ3) is 2.12. The van der Waals surface area contributed by atoms with Gasteiger partial charge < -0.3 is 4.74 Å². The van der Waals surface area contributed by atoms with Gasteiger partial charge in [0.25, 0.3) is 0 Å². The summed E-state index contributed by atoms with van der Waals surface area (Å²) in [5.74, 6) is 0. The lowest BCUT2D eigenvalue weighted by atomic mass is 9.90. The average molecular weight is 197 g/mol. The standard InChI is InChI=1S/C12H23NO/c1-12(2)10-14-9-8-13(12)11-6-4-3-5-7-11/h11H,3-10H2,1-2H3. The average Bonchev–Trinajstić information content (AvgIpc) is 2.18. The summed E-state index contributed by atoms with van der Waals surface area (Å²) in [7, 11) is 0. The summed E-state index contributed by atoms with van der Waals surface area (Å²) in [4.78, 5) is 2.69. The van der Waals surface area contributed by atoms with Crippen LogP contribution in [0.4, 0.5) is 0 Å². The van der Waals surface area contributed by atoms with E-state index in [9.17, 15) is 0 Å². The van der Waals surface area contributed by atoms with E-state index in [2.05, 4.69) is 18.7 Å². The number of nitrogens with zero attached hydrogens (tertiary/aromatic N) is 1. The van der Waals surface area contributed by atoms with Gasteiger partial charge in [0.15, 0.2) is 0 Å². The third-order valence-electron chi connectivity index (χ3n) is 3.72. The highest BCUT2D eigenvalue weighted by molar-refractivity contribution is 4.90. The smallest absolute Gasteiger partial charge is 0.0645 e. The van der Waals surface area contributed by atoms with Gasteiger partial charge in [-0.3, -0.25) is 4.90 Å². The van der Waals surface area contributed by atoms with Crippen molar-refractivity contribution in [3.8, 4) is 0 Å². The van der Waals surface area contributed by atoms with Crippen LogP contribution in [0.5, 0.6) is 0 Å². The van der Waals surface area contributed by atoms with Gasteiger partial charge in [-0.1, -0.05) is 19.3 Å². The number of ether oxygens (including phenoxy) is 1. The SMILES string of the molecule is CC1(C)COCCN1C1CCCCC1. The second-order valence-electron chi connectivity index (χ2n) is 5.35. The molecule has 1 aliphatic carbocycles. The van der Waals surface area contributed by atoms with E-state index < -0.39 is 0 Å². The van der Waals surface area contributed by atoms with E-state index in [4.69, 9.17) is 4.74 Å². The molecule has 2 heteroatoms. The molecular formula is C12H23NO. The van der Waals surface area contributed by atoms with Crippen LogP contribution in [0, 0.1) is 0 Å². The van der Waals surface area contributed by atoms with Gasteiger partial charge in [-0.2, -0.15) is 0 Å². The molecule has 1 saturated carbocycles. The highest BCUT2D eigenvalue weighted by atomic mass is 16.5. The van der Waals surface area contributed by atoms with Crippen molar-refractivity contribution < 1.29 is 4.74 Å². The largest absolute Gasteiger partial charge is 0.378 e. The van der Waals surface area contributed by atoms with Crippen LogP contribution in [-0.4, -0.2) is 36.2 Å². The predicted octanol–water partition coefficient (Wildman–Crippen LogP) is 2.43. The predicted molar refractivity (Wildman–Crippen MR) is 58.5 cm³/mol. The zero-order valence-electron chi connectivity index (χ0n) is 9.59. The summed E-state index contributed by atoms with van der Waals surface area (Å²) < 4.78 is 5.56. The highest BCUT2D eigenvalue weighted by Crippen LogP contribution is 2.29. The van der Waals surface area contributed by atoms with E-state index in [0.717, 1.165) is 25.8 Å². The van der Waals surface area contributed by atoms with Crippen molar-refractivity contribution in [2.24, 2.45) is 0 Å². The molecule has 0 atom stereocenters. The molecule has 0 aromatic rings. The highest BCUT2D eigenvalue weighted by Gasteiger charge is 2.35. The number of hydrogen-bond donors (Lipinski definition) is 0. The van der Waals surface area contributed by atoms with Crippen LogP contribution in [0.25, 0.3) is 0 Å². The number of rotatable bonds is 1. The fourth-order valence-electron chi connectivity index (χ4n) is 2.94. The molecule has 0 aromatic carbocycles. The summed E-state index contributed by atoms with van der Waals surface area (Å²) in [6.45, 7) is 7.61. The molecule has 0 bridgehead atoms. The Morgan fingerprint density at radius 3 is 2.50 bits per heavy atom. The van der Waals surface area contributed by atoms with Gasteiger partial charge in [0.05, 0.1) is 13.2 Å². The summed E-state index contributed by atoms with van der Waals surface area (Å²) in [5, 5.41) is 0. The Labute approximate surface area is 87.6 Å². The van der Waals surface area contributed by atoms with Crippen molar-refractivity contribution in [1.82, 2.24) is 4.90 Å². The molecule has 14 heavy (non-hydrogen) atoms. The van der Waals surface area contributed by atoms with Crippen molar-refractivity contribution in [3.63, 3.8) is 0 Å². The van der Waals surface area contributed by atoms with Crippen molar-refractivity contribution in [1.29, 1.82) is 0 Å². The fourth-order valence-corrected chi connectivity index (χ4v) is 2.94. The van der Waals surface area contributed by atoms with Crippen molar-refractivity contribution in [2.75, 3.05) is 19.8 Å². The second kappa shape index (κ2) is 4.19. The molecule has 0 N–H and O–H groups in total.